The summed E-state index contributed by atoms with van der Waals surface area (Å²) >= 11 is 5.87. The molecule has 2 rings (SSSR count). The average molecular weight is 592 g/mol. The fraction of sp³-hybridized carbons (Fsp3) is 0.581. The number of non-ortho nitro benzene ring substituents is 1. The van der Waals surface area contributed by atoms with Gasteiger partial charge in [-0.15, -0.1) is 0 Å². The number of ether oxygens (including phenoxy) is 1. The van der Waals surface area contributed by atoms with Crippen molar-refractivity contribution in [1.82, 2.24) is 14.8 Å². The summed E-state index contributed by atoms with van der Waals surface area (Å²) < 4.78 is 5.08. The average Bonchev–Trinajstić information content (AvgIpc) is 2.87. The van der Waals surface area contributed by atoms with E-state index in [0.29, 0.717) is 35.0 Å². The number of nitro benzene ring substituents is 1. The van der Waals surface area contributed by atoms with Gasteiger partial charge in [0.2, 0.25) is 5.91 Å². The summed E-state index contributed by atoms with van der Waals surface area (Å²) in [6, 6.07) is 6.43. The third-order valence-electron chi connectivity index (χ3n) is 5.67. The first-order valence-electron chi connectivity index (χ1n) is 13.9. The molecule has 0 saturated carbocycles. The van der Waals surface area contributed by atoms with Crippen LogP contribution in [0.15, 0.2) is 30.5 Å². The van der Waals surface area contributed by atoms with E-state index in [-0.39, 0.29) is 23.3 Å². The van der Waals surface area contributed by atoms with Gasteiger partial charge in [-0.3, -0.25) is 25.2 Å². The maximum atomic E-state index is 12.6. The Kier molecular flexibility index (Phi) is 17.0. The first kappa shape index (κ1) is 38.0. The lowest BCUT2D eigenvalue weighted by Crippen LogP contribution is -2.43. The van der Waals surface area contributed by atoms with Crippen LogP contribution >= 0.6 is 11.6 Å². The van der Waals surface area contributed by atoms with Crippen molar-refractivity contribution >= 4 is 29.0 Å². The van der Waals surface area contributed by atoms with Gasteiger partial charge in [-0.2, -0.15) is 0 Å². The van der Waals surface area contributed by atoms with Crippen LogP contribution in [0.4, 0.5) is 5.69 Å². The third-order valence-corrected chi connectivity index (χ3v) is 5.88. The van der Waals surface area contributed by atoms with E-state index in [1.54, 1.807) is 23.2 Å². The van der Waals surface area contributed by atoms with Gasteiger partial charge in [0.15, 0.2) is 0 Å². The van der Waals surface area contributed by atoms with E-state index in [9.17, 15) is 14.9 Å². The van der Waals surface area contributed by atoms with Gasteiger partial charge in [0.05, 0.1) is 18.1 Å². The lowest BCUT2D eigenvalue weighted by Gasteiger charge is -2.27. The first-order chi connectivity index (χ1) is 19.0. The maximum absolute atomic E-state index is 12.6. The molecule has 1 N–H and O–H groups in total. The Morgan fingerprint density at radius 2 is 1.76 bits per heavy atom. The highest BCUT2D eigenvalue weighted by Crippen LogP contribution is 2.25. The van der Waals surface area contributed by atoms with Crippen molar-refractivity contribution in [2.75, 3.05) is 34.3 Å². The number of halogens is 1. The van der Waals surface area contributed by atoms with Gasteiger partial charge in [-0.25, -0.2) is 4.98 Å². The molecule has 0 aliphatic carbocycles. The van der Waals surface area contributed by atoms with Gasteiger partial charge in [-0.1, -0.05) is 66.5 Å². The van der Waals surface area contributed by atoms with Crippen molar-refractivity contribution in [3.63, 3.8) is 0 Å². The maximum Gasteiger partial charge on any atom is 0.273 e. The number of likely N-dealkylation sites (N-methyl/N-ethyl adjacent to an activating group) is 1. The van der Waals surface area contributed by atoms with E-state index in [0.717, 1.165) is 30.4 Å². The van der Waals surface area contributed by atoms with Crippen molar-refractivity contribution in [3.05, 3.63) is 62.4 Å². The third kappa shape index (κ3) is 15.0. The summed E-state index contributed by atoms with van der Waals surface area (Å²) in [6.45, 7) is 17.7. The fourth-order valence-electron chi connectivity index (χ4n) is 3.31. The molecule has 0 aliphatic rings. The number of nitrogens with zero attached hydrogens (tertiary/aromatic N) is 4. The normalized spacial score (nSPS) is 11.4. The van der Waals surface area contributed by atoms with E-state index in [4.69, 9.17) is 21.7 Å². The Morgan fingerprint density at radius 3 is 2.20 bits per heavy atom. The van der Waals surface area contributed by atoms with E-state index < -0.39 is 4.92 Å². The summed E-state index contributed by atoms with van der Waals surface area (Å²) in [7, 11) is 5.42. The summed E-state index contributed by atoms with van der Waals surface area (Å²) in [4.78, 5) is 30.3. The highest BCUT2D eigenvalue weighted by molar-refractivity contribution is 6.29. The standard InChI is InChI=1S/C16H25ClN4O.C10H13NO3.C5H12/c1-6-11(2)16(22)21(8-7-20(4)5)15(18)13-10-19-14(17)9-12(13)3;1-3-4-8-5-6-9(11(12)13)7-10(8)14-2;1-5(2,3)4/h9-11,18H,6-8H2,1-5H3;5-7H,3-4H2,1-2H3;1-4H3. The molecule has 0 aliphatic heterocycles. The molecule has 230 valence electrons. The van der Waals surface area contributed by atoms with Crippen molar-refractivity contribution in [1.29, 1.82) is 5.41 Å². The Morgan fingerprint density at radius 1 is 1.17 bits per heavy atom. The largest absolute Gasteiger partial charge is 0.496 e. The summed E-state index contributed by atoms with van der Waals surface area (Å²) in [5, 5.41) is 19.3. The van der Waals surface area contributed by atoms with Crippen molar-refractivity contribution in [2.45, 2.75) is 74.7 Å². The minimum Gasteiger partial charge on any atom is -0.496 e. The molecule has 9 nitrogen and oxygen atoms in total. The number of benzene rings is 1. The van der Waals surface area contributed by atoms with Crippen LogP contribution in [0.25, 0.3) is 0 Å². The number of methoxy groups -OCH3 is 1. The predicted octanol–water partition coefficient (Wildman–Crippen LogP) is 7.41. The van der Waals surface area contributed by atoms with E-state index in [2.05, 4.69) is 39.6 Å². The highest BCUT2D eigenvalue weighted by Gasteiger charge is 2.24. The van der Waals surface area contributed by atoms with E-state index >= 15 is 0 Å². The molecule has 1 atom stereocenters. The number of aryl methyl sites for hydroxylation is 2. The van der Waals surface area contributed by atoms with Gasteiger partial charge >= 0.3 is 0 Å². The number of amides is 1. The Hall–Kier alpha value is -3.04. The number of pyridine rings is 1. The molecular formula is C31H50ClN5O4. The zero-order chi connectivity index (χ0) is 31.9. The molecule has 10 heteroatoms. The molecule has 41 heavy (non-hydrogen) atoms. The van der Waals surface area contributed by atoms with Gasteiger partial charge in [0.1, 0.15) is 16.7 Å². The lowest BCUT2D eigenvalue weighted by molar-refractivity contribution is -0.384. The van der Waals surface area contributed by atoms with Crippen molar-refractivity contribution < 1.29 is 14.5 Å². The Labute approximate surface area is 251 Å². The van der Waals surface area contributed by atoms with Crippen LogP contribution < -0.4 is 4.74 Å². The molecular weight excluding hydrogens is 542 g/mol. The summed E-state index contributed by atoms with van der Waals surface area (Å²) in [5.41, 5.74) is 3.07. The minimum absolute atomic E-state index is 0.0244. The van der Waals surface area contributed by atoms with Crippen LogP contribution in [0.2, 0.25) is 5.15 Å². The van der Waals surface area contributed by atoms with Gasteiger partial charge in [0, 0.05) is 36.8 Å². The van der Waals surface area contributed by atoms with Crippen LogP contribution in [0.3, 0.4) is 0 Å². The zero-order valence-electron chi connectivity index (χ0n) is 26.8. The van der Waals surface area contributed by atoms with Crippen molar-refractivity contribution in [3.8, 4) is 5.75 Å². The first-order valence-corrected chi connectivity index (χ1v) is 14.3. The molecule has 1 amide bonds. The zero-order valence-corrected chi connectivity index (χ0v) is 27.6. The molecule has 0 fully saturated rings. The number of hydrogen-bond donors (Lipinski definition) is 1. The van der Waals surface area contributed by atoms with Crippen LogP contribution in [0.1, 0.15) is 78.0 Å². The predicted molar refractivity (Wildman–Crippen MR) is 169 cm³/mol. The lowest BCUT2D eigenvalue weighted by atomic mass is 10.0. The number of hydrogen-bond acceptors (Lipinski definition) is 7. The van der Waals surface area contributed by atoms with Crippen LogP contribution in [0.5, 0.6) is 5.75 Å². The van der Waals surface area contributed by atoms with Crippen LogP contribution in [-0.4, -0.2) is 65.7 Å². The number of rotatable bonds is 10. The second kappa shape index (κ2) is 18.4. The van der Waals surface area contributed by atoms with Crippen LogP contribution in [0, 0.1) is 33.8 Å². The van der Waals surface area contributed by atoms with Crippen LogP contribution in [-0.2, 0) is 11.2 Å². The second-order valence-electron chi connectivity index (χ2n) is 11.8. The van der Waals surface area contributed by atoms with Gasteiger partial charge in [-0.05, 0) is 62.5 Å². The smallest absolute Gasteiger partial charge is 0.273 e. The van der Waals surface area contributed by atoms with Gasteiger partial charge in [0.25, 0.3) is 5.69 Å². The van der Waals surface area contributed by atoms with E-state index in [1.807, 2.05) is 39.8 Å². The Balaban J connectivity index is 0.000000715. The number of nitrogens with one attached hydrogen (secondary N) is 1. The van der Waals surface area contributed by atoms with Crippen molar-refractivity contribution in [2.24, 2.45) is 11.3 Å². The molecule has 0 radical (unpaired) electrons. The molecule has 1 aromatic carbocycles. The Bertz CT molecular complexity index is 1130. The molecule has 0 saturated heterocycles. The minimum atomic E-state index is -0.418. The number of nitro groups is 1. The molecule has 0 bridgehead atoms. The number of amidine groups is 1. The summed E-state index contributed by atoms with van der Waals surface area (Å²) in [6.07, 6.45) is 4.18. The SMILES string of the molecule is CC(C)(C)C.CCC(C)C(=O)N(CCN(C)C)C(=N)c1cnc(Cl)cc1C.CCCc1ccc([N+](=O)[O-])cc1OC. The summed E-state index contributed by atoms with van der Waals surface area (Å²) in [5.74, 6) is 0.654. The van der Waals surface area contributed by atoms with E-state index in [1.165, 1.54) is 19.2 Å². The molecule has 2 aromatic rings. The quantitative estimate of drug-likeness (QED) is 0.101. The molecule has 1 aromatic heterocycles. The fourth-order valence-corrected chi connectivity index (χ4v) is 3.52. The van der Waals surface area contributed by atoms with Gasteiger partial charge < -0.3 is 9.64 Å². The second-order valence-corrected chi connectivity index (χ2v) is 12.2. The molecule has 1 heterocycles. The number of carbonyl (C=O) groups is 1. The topological polar surface area (TPSA) is 113 Å². The highest BCUT2D eigenvalue weighted by atomic mass is 35.5. The number of carbonyl (C=O) groups excluding carboxylic acids is 1. The monoisotopic (exact) mass is 591 g/mol. The number of aromatic nitrogens is 1. The molecule has 0 spiro atoms. The molecule has 1 unspecified atom stereocenters.